The Morgan fingerprint density at radius 1 is 1.21 bits per heavy atom. The average Bonchev–Trinajstić information content (AvgIpc) is 3.40. The van der Waals surface area contributed by atoms with E-state index in [1.54, 1.807) is 11.3 Å². The fraction of sp³-hybridized carbons (Fsp3) is 0.364. The number of hydrogen-bond donors (Lipinski definition) is 1. The van der Waals surface area contributed by atoms with Crippen molar-refractivity contribution >= 4 is 22.9 Å². The first-order chi connectivity index (χ1) is 13.5. The lowest BCUT2D eigenvalue weighted by Gasteiger charge is -2.23. The minimum absolute atomic E-state index is 0.0248. The van der Waals surface area contributed by atoms with Gasteiger partial charge in [-0.15, -0.1) is 0 Å². The molecule has 1 aromatic carbocycles. The second kappa shape index (κ2) is 7.89. The minimum Gasteiger partial charge on any atom is -0.322 e. The van der Waals surface area contributed by atoms with E-state index in [9.17, 15) is 4.79 Å². The van der Waals surface area contributed by atoms with Crippen molar-refractivity contribution < 1.29 is 4.79 Å². The van der Waals surface area contributed by atoms with Crippen LogP contribution < -0.4 is 5.32 Å². The summed E-state index contributed by atoms with van der Waals surface area (Å²) >= 11 is 1.72. The Kier molecular flexibility index (Phi) is 5.33. The molecule has 1 aliphatic heterocycles. The Morgan fingerprint density at radius 2 is 2.00 bits per heavy atom. The number of likely N-dealkylation sites (tertiary alicyclic amines) is 1. The van der Waals surface area contributed by atoms with Gasteiger partial charge in [-0.1, -0.05) is 17.7 Å². The van der Waals surface area contributed by atoms with Crippen LogP contribution in [-0.4, -0.2) is 33.7 Å². The molecule has 0 spiro atoms. The van der Waals surface area contributed by atoms with Gasteiger partial charge < -0.3 is 5.32 Å². The molecule has 0 radical (unpaired) electrons. The number of amides is 1. The van der Waals surface area contributed by atoms with Gasteiger partial charge in [0.1, 0.15) is 0 Å². The molecule has 1 unspecified atom stereocenters. The van der Waals surface area contributed by atoms with Crippen molar-refractivity contribution in [2.45, 2.75) is 39.7 Å². The third kappa shape index (κ3) is 3.75. The summed E-state index contributed by atoms with van der Waals surface area (Å²) < 4.78 is 1.90. The largest absolute Gasteiger partial charge is 0.322 e. The van der Waals surface area contributed by atoms with Crippen molar-refractivity contribution in [2.24, 2.45) is 0 Å². The fourth-order valence-electron chi connectivity index (χ4n) is 3.98. The van der Waals surface area contributed by atoms with Crippen LogP contribution >= 0.6 is 11.3 Å². The van der Waals surface area contributed by atoms with Crippen LogP contribution in [0.25, 0.3) is 5.69 Å². The van der Waals surface area contributed by atoms with Gasteiger partial charge in [0.25, 0.3) is 0 Å². The predicted molar refractivity (Wildman–Crippen MR) is 114 cm³/mol. The number of benzene rings is 1. The van der Waals surface area contributed by atoms with Gasteiger partial charge in [0, 0.05) is 6.04 Å². The summed E-state index contributed by atoms with van der Waals surface area (Å²) in [6, 6.07) is 10.8. The van der Waals surface area contributed by atoms with E-state index in [0.29, 0.717) is 12.6 Å². The van der Waals surface area contributed by atoms with Crippen molar-refractivity contribution in [3.63, 3.8) is 0 Å². The van der Waals surface area contributed by atoms with E-state index >= 15 is 0 Å². The summed E-state index contributed by atoms with van der Waals surface area (Å²) in [5.74, 6) is 0.0248. The molecular weight excluding hydrogens is 368 g/mol. The molecular formula is C22H26N4OS. The zero-order chi connectivity index (χ0) is 19.7. The molecule has 5 nitrogen and oxygen atoms in total. The van der Waals surface area contributed by atoms with Gasteiger partial charge in [0.15, 0.2) is 0 Å². The van der Waals surface area contributed by atoms with Crippen LogP contribution in [0.1, 0.15) is 41.4 Å². The number of nitrogens with zero attached hydrogens (tertiary/aromatic N) is 3. The molecule has 2 aromatic heterocycles. The van der Waals surface area contributed by atoms with Crippen LogP contribution in [0.15, 0.2) is 41.1 Å². The molecule has 3 aromatic rings. The Labute approximate surface area is 170 Å². The third-order valence-corrected chi connectivity index (χ3v) is 6.17. The maximum Gasteiger partial charge on any atom is 0.238 e. The SMILES string of the molecule is Cc1ccc(-n2nc(C)c(NC(=O)CN3CCCC3c3ccsc3)c2C)cc1. The second-order valence-electron chi connectivity index (χ2n) is 7.53. The first kappa shape index (κ1) is 18.9. The van der Waals surface area contributed by atoms with E-state index in [2.05, 4.69) is 63.3 Å². The van der Waals surface area contributed by atoms with Crippen molar-refractivity contribution in [3.05, 3.63) is 63.6 Å². The number of carbonyl (C=O) groups excluding carboxylic acids is 1. The van der Waals surface area contributed by atoms with Crippen molar-refractivity contribution in [2.75, 3.05) is 18.4 Å². The lowest BCUT2D eigenvalue weighted by molar-refractivity contribution is -0.117. The summed E-state index contributed by atoms with van der Waals surface area (Å²) in [6.07, 6.45) is 2.25. The number of aromatic nitrogens is 2. The average molecular weight is 395 g/mol. The van der Waals surface area contributed by atoms with Crippen LogP contribution in [-0.2, 0) is 4.79 Å². The van der Waals surface area contributed by atoms with Gasteiger partial charge >= 0.3 is 0 Å². The molecule has 0 bridgehead atoms. The lowest BCUT2D eigenvalue weighted by atomic mass is 10.1. The summed E-state index contributed by atoms with van der Waals surface area (Å²) in [7, 11) is 0. The molecule has 1 saturated heterocycles. The smallest absolute Gasteiger partial charge is 0.238 e. The molecule has 6 heteroatoms. The summed E-state index contributed by atoms with van der Waals surface area (Å²) in [5.41, 5.74) is 6.15. The van der Waals surface area contributed by atoms with Gasteiger partial charge in [0.05, 0.1) is 29.3 Å². The molecule has 3 heterocycles. The highest BCUT2D eigenvalue weighted by atomic mass is 32.1. The zero-order valence-corrected chi connectivity index (χ0v) is 17.4. The Morgan fingerprint density at radius 3 is 2.71 bits per heavy atom. The maximum atomic E-state index is 12.8. The molecule has 28 heavy (non-hydrogen) atoms. The first-order valence-corrected chi connectivity index (χ1v) is 10.7. The highest BCUT2D eigenvalue weighted by Crippen LogP contribution is 2.33. The van der Waals surface area contributed by atoms with E-state index < -0.39 is 0 Å². The monoisotopic (exact) mass is 394 g/mol. The molecule has 1 amide bonds. The molecule has 1 fully saturated rings. The second-order valence-corrected chi connectivity index (χ2v) is 8.31. The van der Waals surface area contributed by atoms with E-state index in [4.69, 9.17) is 0 Å². The zero-order valence-electron chi connectivity index (χ0n) is 16.6. The molecule has 4 rings (SSSR count). The van der Waals surface area contributed by atoms with Crippen molar-refractivity contribution in [1.29, 1.82) is 0 Å². The van der Waals surface area contributed by atoms with Crippen LogP contribution in [0, 0.1) is 20.8 Å². The van der Waals surface area contributed by atoms with Gasteiger partial charge in [-0.25, -0.2) is 4.68 Å². The van der Waals surface area contributed by atoms with Crippen LogP contribution in [0.2, 0.25) is 0 Å². The lowest BCUT2D eigenvalue weighted by Crippen LogP contribution is -2.33. The van der Waals surface area contributed by atoms with E-state index in [0.717, 1.165) is 42.1 Å². The van der Waals surface area contributed by atoms with E-state index in [1.807, 2.05) is 18.5 Å². The number of anilines is 1. The number of nitrogens with one attached hydrogen (secondary N) is 1. The summed E-state index contributed by atoms with van der Waals surface area (Å²) in [5, 5.41) is 12.1. The Balaban J connectivity index is 1.48. The first-order valence-electron chi connectivity index (χ1n) is 9.72. The van der Waals surface area contributed by atoms with Gasteiger partial charge in [-0.3, -0.25) is 9.69 Å². The molecule has 1 atom stereocenters. The van der Waals surface area contributed by atoms with E-state index in [-0.39, 0.29) is 5.91 Å². The number of carbonyl (C=O) groups is 1. The molecule has 0 saturated carbocycles. The summed E-state index contributed by atoms with van der Waals surface area (Å²) in [6.45, 7) is 7.39. The van der Waals surface area contributed by atoms with Crippen molar-refractivity contribution in [3.8, 4) is 5.69 Å². The van der Waals surface area contributed by atoms with Gasteiger partial charge in [0.2, 0.25) is 5.91 Å². The molecule has 146 valence electrons. The standard InChI is InChI=1S/C22H26N4OS/c1-15-6-8-19(9-7-15)26-17(3)22(16(2)24-26)23-21(27)13-25-11-4-5-20(25)18-10-12-28-14-18/h6-10,12,14,20H,4-5,11,13H2,1-3H3,(H,23,27). The van der Waals surface area contributed by atoms with Gasteiger partial charge in [-0.05, 0) is 74.7 Å². The quantitative estimate of drug-likeness (QED) is 0.686. The van der Waals surface area contributed by atoms with Crippen LogP contribution in [0.4, 0.5) is 5.69 Å². The number of thiophene rings is 1. The number of rotatable bonds is 5. The third-order valence-electron chi connectivity index (χ3n) is 5.47. The van der Waals surface area contributed by atoms with Crippen molar-refractivity contribution in [1.82, 2.24) is 14.7 Å². The highest BCUT2D eigenvalue weighted by molar-refractivity contribution is 7.07. The predicted octanol–water partition coefficient (Wildman–Crippen LogP) is 4.63. The normalized spacial score (nSPS) is 17.2. The molecule has 0 aliphatic carbocycles. The van der Waals surface area contributed by atoms with Gasteiger partial charge in [-0.2, -0.15) is 16.4 Å². The summed E-state index contributed by atoms with van der Waals surface area (Å²) in [4.78, 5) is 15.1. The number of aryl methyl sites for hydroxylation is 2. The van der Waals surface area contributed by atoms with Crippen LogP contribution in [0.5, 0.6) is 0 Å². The highest BCUT2D eigenvalue weighted by Gasteiger charge is 2.28. The molecule has 1 N–H and O–H groups in total. The maximum absolute atomic E-state index is 12.8. The topological polar surface area (TPSA) is 50.2 Å². The molecule has 1 aliphatic rings. The van der Waals surface area contributed by atoms with Crippen LogP contribution in [0.3, 0.4) is 0 Å². The Bertz CT molecular complexity index is 959. The van der Waals surface area contributed by atoms with E-state index in [1.165, 1.54) is 11.1 Å². The number of hydrogen-bond acceptors (Lipinski definition) is 4. The Hall–Kier alpha value is -2.44. The fourth-order valence-corrected chi connectivity index (χ4v) is 4.69. The minimum atomic E-state index is 0.0248.